The lowest BCUT2D eigenvalue weighted by molar-refractivity contribution is -0.124. The van der Waals surface area contributed by atoms with E-state index in [2.05, 4.69) is 18.8 Å². The Morgan fingerprint density at radius 2 is 2.05 bits per heavy atom. The van der Waals surface area contributed by atoms with Gasteiger partial charge in [0.15, 0.2) is 5.78 Å². The first kappa shape index (κ1) is 14.5. The number of pyridine rings is 1. The zero-order chi connectivity index (χ0) is 15.0. The second-order valence-corrected chi connectivity index (χ2v) is 6.34. The predicted molar refractivity (Wildman–Crippen MR) is 78.1 cm³/mol. The highest BCUT2D eigenvalue weighted by atomic mass is 16.1. The van der Waals surface area contributed by atoms with Crippen molar-refractivity contribution in [3.8, 4) is 6.07 Å². The summed E-state index contributed by atoms with van der Waals surface area (Å²) in [5.74, 6) is -0.0656. The molecule has 1 aliphatic carbocycles. The van der Waals surface area contributed by atoms with Gasteiger partial charge in [-0.25, -0.2) is 0 Å². The summed E-state index contributed by atoms with van der Waals surface area (Å²) in [7, 11) is 0. The molecule has 1 aliphatic rings. The van der Waals surface area contributed by atoms with Gasteiger partial charge in [0, 0.05) is 16.5 Å². The van der Waals surface area contributed by atoms with Crippen molar-refractivity contribution in [1.29, 1.82) is 5.26 Å². The summed E-state index contributed by atoms with van der Waals surface area (Å²) in [6.45, 7) is 7.93. The molecule has 0 radical (unpaired) electrons. The number of nitriles is 1. The fourth-order valence-corrected chi connectivity index (χ4v) is 3.04. The van der Waals surface area contributed by atoms with E-state index in [1.165, 1.54) is 0 Å². The molecule has 0 bridgehead atoms. The van der Waals surface area contributed by atoms with Crippen molar-refractivity contribution >= 4 is 5.78 Å². The molecule has 20 heavy (non-hydrogen) atoms. The zero-order valence-corrected chi connectivity index (χ0v) is 12.5. The van der Waals surface area contributed by atoms with Crippen LogP contribution < -0.4 is 0 Å². The van der Waals surface area contributed by atoms with E-state index in [0.29, 0.717) is 6.42 Å². The van der Waals surface area contributed by atoms with E-state index in [1.54, 1.807) is 6.08 Å². The molecule has 1 aromatic heterocycles. The number of aryl methyl sites for hydroxylation is 1. The Bertz CT molecular complexity index is 622. The Balaban J connectivity index is 2.56. The Kier molecular flexibility index (Phi) is 3.52. The number of Topliss-reactive ketones (excluding diaryl/α,β-unsaturated/α-hetero) is 1. The quantitative estimate of drug-likeness (QED) is 0.826. The second kappa shape index (κ2) is 4.86. The Morgan fingerprint density at radius 3 is 2.65 bits per heavy atom. The molecule has 0 saturated heterocycles. The third kappa shape index (κ3) is 2.38. The SMILES string of the molecule is CCc1cccc(C2(C)C=C(C#N)C(=O)C(C)(C)C2)n1. The van der Waals surface area contributed by atoms with E-state index >= 15 is 0 Å². The van der Waals surface area contributed by atoms with Gasteiger partial charge in [-0.1, -0.05) is 39.8 Å². The van der Waals surface area contributed by atoms with E-state index in [9.17, 15) is 10.1 Å². The minimum absolute atomic E-state index is 0.0656. The number of aromatic nitrogens is 1. The third-order valence-electron chi connectivity index (χ3n) is 4.01. The molecular formula is C17H20N2O. The van der Waals surface area contributed by atoms with Crippen molar-refractivity contribution in [3.63, 3.8) is 0 Å². The molecular weight excluding hydrogens is 248 g/mol. The lowest BCUT2D eigenvalue weighted by Crippen LogP contribution is -2.39. The lowest BCUT2D eigenvalue weighted by Gasteiger charge is -2.38. The van der Waals surface area contributed by atoms with Crippen LogP contribution in [0.1, 0.15) is 45.5 Å². The minimum Gasteiger partial charge on any atom is -0.293 e. The maximum atomic E-state index is 12.2. The van der Waals surface area contributed by atoms with Gasteiger partial charge in [0.1, 0.15) is 6.07 Å². The molecule has 0 aromatic carbocycles. The van der Waals surface area contributed by atoms with Crippen LogP contribution >= 0.6 is 0 Å². The number of hydrogen-bond donors (Lipinski definition) is 0. The monoisotopic (exact) mass is 268 g/mol. The van der Waals surface area contributed by atoms with Crippen molar-refractivity contribution in [2.45, 2.75) is 46.0 Å². The van der Waals surface area contributed by atoms with Crippen molar-refractivity contribution in [2.75, 3.05) is 0 Å². The van der Waals surface area contributed by atoms with Crippen LogP contribution in [0.4, 0.5) is 0 Å². The van der Waals surface area contributed by atoms with Gasteiger partial charge in [0.2, 0.25) is 0 Å². The van der Waals surface area contributed by atoms with Gasteiger partial charge in [-0.2, -0.15) is 5.26 Å². The number of hydrogen-bond acceptors (Lipinski definition) is 3. The fourth-order valence-electron chi connectivity index (χ4n) is 3.04. The van der Waals surface area contributed by atoms with Crippen LogP contribution in [-0.2, 0) is 16.6 Å². The Labute approximate surface area is 120 Å². The molecule has 0 saturated carbocycles. The van der Waals surface area contributed by atoms with E-state index < -0.39 is 5.41 Å². The summed E-state index contributed by atoms with van der Waals surface area (Å²) in [4.78, 5) is 16.9. The maximum Gasteiger partial charge on any atom is 0.178 e. The van der Waals surface area contributed by atoms with Crippen LogP contribution in [0.2, 0.25) is 0 Å². The maximum absolute atomic E-state index is 12.2. The highest BCUT2D eigenvalue weighted by Gasteiger charge is 2.44. The lowest BCUT2D eigenvalue weighted by atomic mass is 9.64. The van der Waals surface area contributed by atoms with Gasteiger partial charge < -0.3 is 0 Å². The highest BCUT2D eigenvalue weighted by molar-refractivity contribution is 6.04. The number of carbonyl (C=O) groups is 1. The molecule has 0 amide bonds. The van der Waals surface area contributed by atoms with Crippen LogP contribution in [0.5, 0.6) is 0 Å². The molecule has 0 spiro atoms. The Hall–Kier alpha value is -1.95. The molecule has 1 unspecified atom stereocenters. The molecule has 1 heterocycles. The van der Waals surface area contributed by atoms with Gasteiger partial charge in [-0.15, -0.1) is 0 Å². The van der Waals surface area contributed by atoms with E-state index in [4.69, 9.17) is 0 Å². The van der Waals surface area contributed by atoms with E-state index in [0.717, 1.165) is 17.8 Å². The average molecular weight is 268 g/mol. The first-order valence-corrected chi connectivity index (χ1v) is 6.96. The van der Waals surface area contributed by atoms with E-state index in [1.807, 2.05) is 38.1 Å². The zero-order valence-electron chi connectivity index (χ0n) is 12.5. The number of allylic oxidation sites excluding steroid dienone is 2. The number of ketones is 1. The summed E-state index contributed by atoms with van der Waals surface area (Å²) < 4.78 is 0. The van der Waals surface area contributed by atoms with Gasteiger partial charge in [0.05, 0.1) is 11.3 Å². The van der Waals surface area contributed by atoms with Gasteiger partial charge >= 0.3 is 0 Å². The van der Waals surface area contributed by atoms with Crippen molar-refractivity contribution in [1.82, 2.24) is 4.98 Å². The van der Waals surface area contributed by atoms with Crippen LogP contribution in [0.25, 0.3) is 0 Å². The van der Waals surface area contributed by atoms with Crippen molar-refractivity contribution in [2.24, 2.45) is 5.41 Å². The summed E-state index contributed by atoms with van der Waals surface area (Å²) in [5, 5.41) is 9.21. The van der Waals surface area contributed by atoms with Crippen molar-refractivity contribution in [3.05, 3.63) is 41.2 Å². The summed E-state index contributed by atoms with van der Waals surface area (Å²) >= 11 is 0. The van der Waals surface area contributed by atoms with Gasteiger partial charge in [0.25, 0.3) is 0 Å². The molecule has 0 fully saturated rings. The first-order valence-electron chi connectivity index (χ1n) is 6.96. The topological polar surface area (TPSA) is 53.8 Å². The average Bonchev–Trinajstić information content (AvgIpc) is 2.42. The molecule has 104 valence electrons. The molecule has 0 N–H and O–H groups in total. The normalized spacial score (nSPS) is 24.9. The van der Waals surface area contributed by atoms with Crippen molar-refractivity contribution < 1.29 is 4.79 Å². The second-order valence-electron chi connectivity index (χ2n) is 6.34. The third-order valence-corrected chi connectivity index (χ3v) is 4.01. The van der Waals surface area contributed by atoms with E-state index in [-0.39, 0.29) is 16.8 Å². The highest BCUT2D eigenvalue weighted by Crippen LogP contribution is 2.43. The van der Waals surface area contributed by atoms with Crippen LogP contribution in [-0.4, -0.2) is 10.8 Å². The summed E-state index contributed by atoms with van der Waals surface area (Å²) in [6, 6.07) is 8.03. The molecule has 1 aromatic rings. The van der Waals surface area contributed by atoms with Gasteiger partial charge in [-0.05, 0) is 25.0 Å². The number of nitrogens with zero attached hydrogens (tertiary/aromatic N) is 2. The fraction of sp³-hybridized carbons (Fsp3) is 0.471. The standard InChI is InChI=1S/C17H20N2O/c1-5-13-7-6-8-14(19-13)17(4)9-12(10-18)15(20)16(2,3)11-17/h6-9H,5,11H2,1-4H3. The molecule has 1 atom stereocenters. The van der Waals surface area contributed by atoms with Crippen LogP contribution in [0.15, 0.2) is 29.8 Å². The molecule has 0 aliphatic heterocycles. The first-order chi connectivity index (χ1) is 9.32. The molecule has 3 nitrogen and oxygen atoms in total. The smallest absolute Gasteiger partial charge is 0.178 e. The number of carbonyl (C=O) groups excluding carboxylic acids is 1. The Morgan fingerprint density at radius 1 is 1.35 bits per heavy atom. The number of rotatable bonds is 2. The predicted octanol–water partition coefficient (Wildman–Crippen LogP) is 3.35. The summed E-state index contributed by atoms with van der Waals surface area (Å²) in [5.41, 5.74) is 1.33. The van der Waals surface area contributed by atoms with Crippen LogP contribution in [0.3, 0.4) is 0 Å². The van der Waals surface area contributed by atoms with Gasteiger partial charge in [-0.3, -0.25) is 9.78 Å². The van der Waals surface area contributed by atoms with Crippen LogP contribution in [0, 0.1) is 16.7 Å². The molecule has 2 rings (SSSR count). The summed E-state index contributed by atoms with van der Waals surface area (Å²) in [6.07, 6.45) is 3.34. The largest absolute Gasteiger partial charge is 0.293 e. The molecule has 3 heteroatoms. The minimum atomic E-state index is -0.529.